The first-order chi connectivity index (χ1) is 11.1. The highest BCUT2D eigenvalue weighted by atomic mass is 16.2. The number of piperidine rings is 1. The van der Waals surface area contributed by atoms with Gasteiger partial charge in [0.2, 0.25) is 5.91 Å². The minimum Gasteiger partial charge on any atom is -0.339 e. The number of benzene rings is 1. The lowest BCUT2D eigenvalue weighted by Gasteiger charge is -2.31. The zero-order chi connectivity index (χ0) is 16.2. The second-order valence-corrected chi connectivity index (χ2v) is 5.82. The van der Waals surface area contributed by atoms with Crippen molar-refractivity contribution in [2.24, 2.45) is 0 Å². The second kappa shape index (κ2) is 6.69. The highest BCUT2D eigenvalue weighted by Crippen LogP contribution is 2.30. The van der Waals surface area contributed by atoms with Gasteiger partial charge in [0, 0.05) is 30.5 Å². The molecule has 0 N–H and O–H groups in total. The molecule has 0 aliphatic carbocycles. The average Bonchev–Trinajstić information content (AvgIpc) is 2.59. The van der Waals surface area contributed by atoms with E-state index in [4.69, 9.17) is 0 Å². The van der Waals surface area contributed by atoms with Crippen LogP contribution in [0.5, 0.6) is 0 Å². The molecule has 1 fully saturated rings. The van der Waals surface area contributed by atoms with Crippen LogP contribution in [0.4, 0.5) is 0 Å². The van der Waals surface area contributed by atoms with Crippen molar-refractivity contribution in [3.8, 4) is 0 Å². The zero-order valence-corrected chi connectivity index (χ0v) is 13.1. The molecule has 0 radical (unpaired) electrons. The SMILES string of the molecule is CC(=O)C=CC(=O)N1CCC(c2ncnc3ccccc23)CC1. The van der Waals surface area contributed by atoms with Crippen molar-refractivity contribution >= 4 is 22.6 Å². The highest BCUT2D eigenvalue weighted by molar-refractivity contribution is 5.96. The minimum absolute atomic E-state index is 0.0915. The molecule has 2 heterocycles. The summed E-state index contributed by atoms with van der Waals surface area (Å²) in [4.78, 5) is 33.5. The number of carbonyl (C=O) groups excluding carboxylic acids is 2. The topological polar surface area (TPSA) is 63.2 Å². The molecule has 118 valence electrons. The molecule has 0 spiro atoms. The lowest BCUT2D eigenvalue weighted by Crippen LogP contribution is -2.37. The fraction of sp³-hybridized carbons (Fsp3) is 0.333. The van der Waals surface area contributed by atoms with Crippen LogP contribution in [0.3, 0.4) is 0 Å². The van der Waals surface area contributed by atoms with Crippen molar-refractivity contribution in [2.75, 3.05) is 13.1 Å². The van der Waals surface area contributed by atoms with Crippen LogP contribution >= 0.6 is 0 Å². The van der Waals surface area contributed by atoms with Crippen LogP contribution in [0.15, 0.2) is 42.7 Å². The van der Waals surface area contributed by atoms with Gasteiger partial charge in [-0.25, -0.2) is 9.97 Å². The Kier molecular flexibility index (Phi) is 4.46. The van der Waals surface area contributed by atoms with E-state index >= 15 is 0 Å². The van der Waals surface area contributed by atoms with E-state index in [0.717, 1.165) is 29.4 Å². The van der Waals surface area contributed by atoms with Crippen LogP contribution in [0, 0.1) is 0 Å². The standard InChI is InChI=1S/C18H19N3O2/c1-13(22)6-7-17(23)21-10-8-14(9-11-21)18-15-4-2-3-5-16(15)19-12-20-18/h2-7,12,14H,8-11H2,1H3. The number of hydrogen-bond donors (Lipinski definition) is 0. The number of amides is 1. The number of likely N-dealkylation sites (tertiary alicyclic amines) is 1. The van der Waals surface area contributed by atoms with Gasteiger partial charge in [-0.1, -0.05) is 18.2 Å². The summed E-state index contributed by atoms with van der Waals surface area (Å²) in [5, 5.41) is 1.09. The number of para-hydroxylation sites is 1. The van der Waals surface area contributed by atoms with Gasteiger partial charge >= 0.3 is 0 Å². The molecule has 1 aliphatic heterocycles. The molecular weight excluding hydrogens is 290 g/mol. The van der Waals surface area contributed by atoms with E-state index in [1.165, 1.54) is 19.1 Å². The Balaban J connectivity index is 1.71. The predicted molar refractivity (Wildman–Crippen MR) is 87.9 cm³/mol. The van der Waals surface area contributed by atoms with E-state index < -0.39 is 0 Å². The van der Waals surface area contributed by atoms with E-state index in [9.17, 15) is 9.59 Å². The van der Waals surface area contributed by atoms with E-state index in [0.29, 0.717) is 19.0 Å². The summed E-state index contributed by atoms with van der Waals surface area (Å²) in [6.45, 7) is 2.81. The first-order valence-corrected chi connectivity index (χ1v) is 7.82. The molecule has 0 saturated carbocycles. The van der Waals surface area contributed by atoms with Gasteiger partial charge in [-0.3, -0.25) is 9.59 Å². The van der Waals surface area contributed by atoms with Crippen LogP contribution in [-0.2, 0) is 9.59 Å². The number of aromatic nitrogens is 2. The zero-order valence-electron chi connectivity index (χ0n) is 13.1. The number of allylic oxidation sites excluding steroid dienone is 1. The molecule has 5 nitrogen and oxygen atoms in total. The maximum Gasteiger partial charge on any atom is 0.246 e. The Bertz CT molecular complexity index is 756. The molecule has 2 aromatic rings. The van der Waals surface area contributed by atoms with Gasteiger partial charge in [0.15, 0.2) is 5.78 Å². The van der Waals surface area contributed by atoms with Crippen LogP contribution in [0.25, 0.3) is 10.9 Å². The summed E-state index contributed by atoms with van der Waals surface area (Å²) in [6.07, 6.45) is 6.06. The Morgan fingerprint density at radius 2 is 1.87 bits per heavy atom. The first kappa shape index (κ1) is 15.3. The Hall–Kier alpha value is -2.56. The number of rotatable bonds is 3. The number of carbonyl (C=O) groups is 2. The molecule has 0 bridgehead atoms. The fourth-order valence-corrected chi connectivity index (χ4v) is 3.02. The highest BCUT2D eigenvalue weighted by Gasteiger charge is 2.24. The molecule has 0 unspecified atom stereocenters. The normalized spacial score (nSPS) is 16.1. The lowest BCUT2D eigenvalue weighted by molar-refractivity contribution is -0.127. The van der Waals surface area contributed by atoms with Crippen LogP contribution in [0.2, 0.25) is 0 Å². The van der Waals surface area contributed by atoms with Crippen LogP contribution in [-0.4, -0.2) is 39.6 Å². The van der Waals surface area contributed by atoms with Gasteiger partial charge in [-0.05, 0) is 31.9 Å². The van der Waals surface area contributed by atoms with Crippen molar-refractivity contribution < 1.29 is 9.59 Å². The molecule has 5 heteroatoms. The molecule has 1 aromatic carbocycles. The fourth-order valence-electron chi connectivity index (χ4n) is 3.02. The van der Waals surface area contributed by atoms with Crippen molar-refractivity contribution in [1.82, 2.24) is 14.9 Å². The first-order valence-electron chi connectivity index (χ1n) is 7.82. The van der Waals surface area contributed by atoms with Gasteiger partial charge in [0.1, 0.15) is 6.33 Å². The molecule has 23 heavy (non-hydrogen) atoms. The number of ketones is 1. The Morgan fingerprint density at radius 1 is 1.13 bits per heavy atom. The molecule has 0 atom stereocenters. The molecule has 3 rings (SSSR count). The monoisotopic (exact) mass is 309 g/mol. The summed E-state index contributed by atoms with van der Waals surface area (Å²) in [5.41, 5.74) is 2.03. The molecule has 1 saturated heterocycles. The minimum atomic E-state index is -0.110. The number of nitrogens with zero attached hydrogens (tertiary/aromatic N) is 3. The Morgan fingerprint density at radius 3 is 2.61 bits per heavy atom. The smallest absolute Gasteiger partial charge is 0.246 e. The largest absolute Gasteiger partial charge is 0.339 e. The molecular formula is C18H19N3O2. The summed E-state index contributed by atoms with van der Waals surface area (Å²) in [7, 11) is 0. The molecule has 1 aliphatic rings. The van der Waals surface area contributed by atoms with Crippen molar-refractivity contribution in [2.45, 2.75) is 25.7 Å². The van der Waals surface area contributed by atoms with Crippen molar-refractivity contribution in [3.63, 3.8) is 0 Å². The summed E-state index contributed by atoms with van der Waals surface area (Å²) in [5.74, 6) is 0.135. The number of hydrogen-bond acceptors (Lipinski definition) is 4. The van der Waals surface area contributed by atoms with E-state index in [-0.39, 0.29) is 11.7 Å². The average molecular weight is 309 g/mol. The molecule has 1 aromatic heterocycles. The summed E-state index contributed by atoms with van der Waals surface area (Å²) in [6, 6.07) is 8.02. The summed E-state index contributed by atoms with van der Waals surface area (Å²) >= 11 is 0. The van der Waals surface area contributed by atoms with Crippen molar-refractivity contribution in [1.29, 1.82) is 0 Å². The quantitative estimate of drug-likeness (QED) is 0.817. The number of fused-ring (bicyclic) bond motifs is 1. The predicted octanol–water partition coefficient (Wildman–Crippen LogP) is 2.48. The molecule has 1 amide bonds. The maximum absolute atomic E-state index is 12.0. The van der Waals surface area contributed by atoms with Gasteiger partial charge < -0.3 is 4.90 Å². The van der Waals surface area contributed by atoms with Crippen molar-refractivity contribution in [3.05, 3.63) is 48.4 Å². The van der Waals surface area contributed by atoms with Gasteiger partial charge in [0.05, 0.1) is 11.2 Å². The van der Waals surface area contributed by atoms with E-state index in [1.54, 1.807) is 11.2 Å². The lowest BCUT2D eigenvalue weighted by atomic mass is 9.91. The Labute approximate surface area is 135 Å². The van der Waals surface area contributed by atoms with Crippen LogP contribution < -0.4 is 0 Å². The summed E-state index contributed by atoms with van der Waals surface area (Å²) < 4.78 is 0. The van der Waals surface area contributed by atoms with Gasteiger partial charge in [-0.15, -0.1) is 0 Å². The van der Waals surface area contributed by atoms with E-state index in [2.05, 4.69) is 16.0 Å². The van der Waals surface area contributed by atoms with E-state index in [1.807, 2.05) is 18.2 Å². The third kappa shape index (κ3) is 3.44. The van der Waals surface area contributed by atoms with Crippen LogP contribution in [0.1, 0.15) is 31.4 Å². The maximum atomic E-state index is 12.0. The van der Waals surface area contributed by atoms with Gasteiger partial charge in [-0.2, -0.15) is 0 Å². The third-order valence-corrected chi connectivity index (χ3v) is 4.23. The van der Waals surface area contributed by atoms with Gasteiger partial charge in [0.25, 0.3) is 0 Å². The second-order valence-electron chi connectivity index (χ2n) is 5.82. The third-order valence-electron chi connectivity index (χ3n) is 4.23.